The van der Waals surface area contributed by atoms with Crippen molar-refractivity contribution in [1.82, 2.24) is 4.90 Å². The van der Waals surface area contributed by atoms with Crippen molar-refractivity contribution >= 4 is 0 Å². The summed E-state index contributed by atoms with van der Waals surface area (Å²) in [7, 11) is 2.08. The summed E-state index contributed by atoms with van der Waals surface area (Å²) in [5.74, 6) is 0.759. The molecule has 2 nitrogen and oxygen atoms in total. The first-order valence-corrected chi connectivity index (χ1v) is 7.40. The van der Waals surface area contributed by atoms with E-state index >= 15 is 0 Å². The molecule has 1 fully saturated rings. The number of hydrogen-bond acceptors (Lipinski definition) is 2. The molecule has 2 rings (SSSR count). The molecule has 1 saturated carbocycles. The molecule has 0 radical (unpaired) electrons. The molecule has 1 aromatic carbocycles. The van der Waals surface area contributed by atoms with E-state index in [9.17, 15) is 8.78 Å². The van der Waals surface area contributed by atoms with Gasteiger partial charge < -0.3 is 5.73 Å². The zero-order valence-electron chi connectivity index (χ0n) is 12.1. The summed E-state index contributed by atoms with van der Waals surface area (Å²) in [4.78, 5) is 2.27. The van der Waals surface area contributed by atoms with Crippen LogP contribution in [-0.2, 0) is 0 Å². The van der Waals surface area contributed by atoms with Crippen molar-refractivity contribution in [2.75, 3.05) is 20.1 Å². The van der Waals surface area contributed by atoms with Gasteiger partial charge in [0.05, 0.1) is 0 Å². The van der Waals surface area contributed by atoms with Crippen LogP contribution in [0.5, 0.6) is 0 Å². The monoisotopic (exact) mass is 282 g/mol. The Bertz CT molecular complexity index is 399. The van der Waals surface area contributed by atoms with E-state index in [1.807, 2.05) is 0 Å². The fourth-order valence-corrected chi connectivity index (χ4v) is 3.16. The van der Waals surface area contributed by atoms with Crippen LogP contribution in [0, 0.1) is 5.92 Å². The molecule has 1 aliphatic rings. The van der Waals surface area contributed by atoms with E-state index < -0.39 is 6.43 Å². The lowest BCUT2D eigenvalue weighted by atomic mass is 10.0. The van der Waals surface area contributed by atoms with Crippen LogP contribution >= 0.6 is 0 Å². The maximum atomic E-state index is 12.6. The van der Waals surface area contributed by atoms with Gasteiger partial charge >= 0.3 is 0 Å². The Hall–Kier alpha value is -1.00. The van der Waals surface area contributed by atoms with Crippen LogP contribution in [0.1, 0.15) is 49.3 Å². The van der Waals surface area contributed by atoms with Crippen LogP contribution in [0.25, 0.3) is 0 Å². The number of hydrogen-bond donors (Lipinski definition) is 1. The highest BCUT2D eigenvalue weighted by Crippen LogP contribution is 2.28. The van der Waals surface area contributed by atoms with Crippen LogP contribution in [0.3, 0.4) is 0 Å². The van der Waals surface area contributed by atoms with Gasteiger partial charge in [-0.15, -0.1) is 0 Å². The lowest BCUT2D eigenvalue weighted by Crippen LogP contribution is -2.33. The highest BCUT2D eigenvalue weighted by molar-refractivity contribution is 5.26. The number of nitrogens with zero attached hydrogens (tertiary/aromatic N) is 1. The van der Waals surface area contributed by atoms with Gasteiger partial charge in [-0.05, 0) is 31.4 Å². The predicted molar refractivity (Wildman–Crippen MR) is 77.8 cm³/mol. The molecular weight excluding hydrogens is 258 g/mol. The van der Waals surface area contributed by atoms with Crippen molar-refractivity contribution in [3.63, 3.8) is 0 Å². The average Bonchev–Trinajstić information content (AvgIpc) is 2.93. The van der Waals surface area contributed by atoms with E-state index in [1.165, 1.54) is 37.8 Å². The molecule has 0 saturated heterocycles. The molecule has 0 aliphatic heterocycles. The third-order valence-corrected chi connectivity index (χ3v) is 4.35. The second-order valence-corrected chi connectivity index (χ2v) is 5.81. The third kappa shape index (κ3) is 3.76. The minimum absolute atomic E-state index is 0.0722. The molecule has 0 bridgehead atoms. The summed E-state index contributed by atoms with van der Waals surface area (Å²) in [5.41, 5.74) is 6.99. The summed E-state index contributed by atoms with van der Waals surface area (Å²) in [6, 6.07) is 6.69. The van der Waals surface area contributed by atoms with Gasteiger partial charge in [0.1, 0.15) is 0 Å². The lowest BCUT2D eigenvalue weighted by Gasteiger charge is -2.29. The molecule has 1 aromatic rings. The van der Waals surface area contributed by atoms with E-state index in [1.54, 1.807) is 12.1 Å². The van der Waals surface area contributed by atoms with Crippen LogP contribution < -0.4 is 5.73 Å². The van der Waals surface area contributed by atoms with Gasteiger partial charge in [0.15, 0.2) is 0 Å². The number of nitrogens with two attached hydrogens (primary N) is 1. The Labute approximate surface area is 120 Å². The Kier molecular flexibility index (Phi) is 5.49. The largest absolute Gasteiger partial charge is 0.329 e. The van der Waals surface area contributed by atoms with E-state index in [4.69, 9.17) is 5.73 Å². The number of likely N-dealkylation sites (N-methyl/N-ethyl adjacent to an activating group) is 1. The Balaban J connectivity index is 2.02. The van der Waals surface area contributed by atoms with Gasteiger partial charge in [-0.3, -0.25) is 4.90 Å². The second kappa shape index (κ2) is 7.14. The molecular formula is C16H24F2N2. The normalized spacial score (nSPS) is 18.1. The second-order valence-electron chi connectivity index (χ2n) is 5.81. The summed E-state index contributed by atoms with van der Waals surface area (Å²) in [5, 5.41) is 0. The standard InChI is InChI=1S/C16H24F2N2/c1-20(11-12-4-2-3-5-12)15(10-19)13-6-8-14(9-7-13)16(17)18/h6-9,12,15-16H,2-5,10-11,19H2,1H3. The molecule has 0 amide bonds. The Morgan fingerprint density at radius 1 is 1.15 bits per heavy atom. The minimum Gasteiger partial charge on any atom is -0.329 e. The fourth-order valence-electron chi connectivity index (χ4n) is 3.16. The van der Waals surface area contributed by atoms with Crippen LogP contribution in [-0.4, -0.2) is 25.0 Å². The molecule has 20 heavy (non-hydrogen) atoms. The average molecular weight is 282 g/mol. The molecule has 4 heteroatoms. The lowest BCUT2D eigenvalue weighted by molar-refractivity contribution is 0.151. The van der Waals surface area contributed by atoms with Crippen molar-refractivity contribution < 1.29 is 8.78 Å². The molecule has 1 aliphatic carbocycles. The van der Waals surface area contributed by atoms with Gasteiger partial charge in [0.25, 0.3) is 6.43 Å². The topological polar surface area (TPSA) is 29.3 Å². The van der Waals surface area contributed by atoms with E-state index in [0.717, 1.165) is 18.0 Å². The molecule has 0 spiro atoms. The summed E-state index contributed by atoms with van der Waals surface area (Å²) >= 11 is 0. The molecule has 2 N–H and O–H groups in total. The van der Waals surface area contributed by atoms with Crippen molar-refractivity contribution in [3.8, 4) is 0 Å². The third-order valence-electron chi connectivity index (χ3n) is 4.35. The van der Waals surface area contributed by atoms with Crippen molar-refractivity contribution in [2.45, 2.75) is 38.2 Å². The predicted octanol–water partition coefficient (Wildman–Crippen LogP) is 3.75. The van der Waals surface area contributed by atoms with Gasteiger partial charge in [-0.25, -0.2) is 8.78 Å². The summed E-state index contributed by atoms with van der Waals surface area (Å²) < 4.78 is 25.2. The maximum absolute atomic E-state index is 12.6. The van der Waals surface area contributed by atoms with Crippen molar-refractivity contribution in [2.24, 2.45) is 11.7 Å². The first-order valence-electron chi connectivity index (χ1n) is 7.40. The highest BCUT2D eigenvalue weighted by Gasteiger charge is 2.22. The van der Waals surface area contributed by atoms with E-state index in [-0.39, 0.29) is 11.6 Å². The molecule has 0 aromatic heterocycles. The van der Waals surface area contributed by atoms with Crippen LogP contribution in [0.15, 0.2) is 24.3 Å². The minimum atomic E-state index is -2.41. The van der Waals surface area contributed by atoms with Gasteiger partial charge in [0.2, 0.25) is 0 Å². The zero-order valence-corrected chi connectivity index (χ0v) is 12.1. The Morgan fingerprint density at radius 2 is 1.70 bits per heavy atom. The molecule has 112 valence electrons. The maximum Gasteiger partial charge on any atom is 0.263 e. The van der Waals surface area contributed by atoms with E-state index in [2.05, 4.69) is 11.9 Å². The van der Waals surface area contributed by atoms with Gasteiger partial charge in [0, 0.05) is 24.7 Å². The summed E-state index contributed by atoms with van der Waals surface area (Å²) in [6.45, 7) is 1.55. The first kappa shape index (κ1) is 15.4. The smallest absolute Gasteiger partial charge is 0.263 e. The number of halogens is 2. The first-order chi connectivity index (χ1) is 9.61. The van der Waals surface area contributed by atoms with Crippen molar-refractivity contribution in [1.29, 1.82) is 0 Å². The summed E-state index contributed by atoms with van der Waals surface area (Å²) in [6.07, 6.45) is 2.85. The van der Waals surface area contributed by atoms with Gasteiger partial charge in [-0.1, -0.05) is 37.1 Å². The Morgan fingerprint density at radius 3 is 2.20 bits per heavy atom. The molecule has 1 unspecified atom stereocenters. The van der Waals surface area contributed by atoms with Gasteiger partial charge in [-0.2, -0.15) is 0 Å². The number of alkyl halides is 2. The quantitative estimate of drug-likeness (QED) is 0.861. The fraction of sp³-hybridized carbons (Fsp3) is 0.625. The number of rotatable bonds is 6. The molecule has 1 atom stereocenters. The highest BCUT2D eigenvalue weighted by atomic mass is 19.3. The number of benzene rings is 1. The van der Waals surface area contributed by atoms with E-state index in [0.29, 0.717) is 6.54 Å². The molecule has 0 heterocycles. The van der Waals surface area contributed by atoms with Crippen molar-refractivity contribution in [3.05, 3.63) is 35.4 Å². The zero-order chi connectivity index (χ0) is 14.5. The SMILES string of the molecule is CN(CC1CCCC1)C(CN)c1ccc(C(F)F)cc1. The van der Waals surface area contributed by atoms with Crippen LogP contribution in [0.4, 0.5) is 8.78 Å². The van der Waals surface area contributed by atoms with Crippen LogP contribution in [0.2, 0.25) is 0 Å².